The highest BCUT2D eigenvalue weighted by Crippen LogP contribution is 2.16. The Hall–Kier alpha value is -2.10. The summed E-state index contributed by atoms with van der Waals surface area (Å²) < 4.78 is 0. The van der Waals surface area contributed by atoms with Gasteiger partial charge in [-0.15, -0.1) is 0 Å². The zero-order valence-electron chi connectivity index (χ0n) is 14.1. The van der Waals surface area contributed by atoms with Crippen LogP contribution in [-0.2, 0) is 9.59 Å². The van der Waals surface area contributed by atoms with Gasteiger partial charge in [-0.2, -0.15) is 0 Å². The van der Waals surface area contributed by atoms with E-state index in [9.17, 15) is 19.2 Å². The molecule has 22 heavy (non-hydrogen) atoms. The Balaban J connectivity index is 0.000000409. The lowest BCUT2D eigenvalue weighted by Gasteiger charge is -2.14. The van der Waals surface area contributed by atoms with Crippen LogP contribution >= 0.6 is 0 Å². The lowest BCUT2D eigenvalue weighted by molar-refractivity contribution is -0.130. The molecule has 0 aliphatic rings. The molecule has 0 radical (unpaired) electrons. The highest BCUT2D eigenvalue weighted by molar-refractivity contribution is 6.00. The van der Waals surface area contributed by atoms with E-state index in [0.717, 1.165) is 0 Å². The largest absolute Gasteiger partial charge is 0.300 e. The third-order valence-electron chi connectivity index (χ3n) is 2.92. The molecule has 0 unspecified atom stereocenters. The highest BCUT2D eigenvalue weighted by Gasteiger charge is 2.21. The molecule has 0 aliphatic carbocycles. The Bertz CT molecular complexity index is 548. The minimum absolute atomic E-state index is 0.0139. The van der Waals surface area contributed by atoms with Crippen LogP contribution in [0.4, 0.5) is 0 Å². The second-order valence-electron chi connectivity index (χ2n) is 6.25. The van der Waals surface area contributed by atoms with Gasteiger partial charge in [-0.3, -0.25) is 19.2 Å². The first kappa shape index (κ1) is 19.9. The molecule has 0 N–H and O–H groups in total. The Labute approximate surface area is 131 Å². The van der Waals surface area contributed by atoms with Gasteiger partial charge < -0.3 is 0 Å². The van der Waals surface area contributed by atoms with Crippen LogP contribution in [0.25, 0.3) is 0 Å². The lowest BCUT2D eigenvalue weighted by Crippen LogP contribution is -2.21. The van der Waals surface area contributed by atoms with Gasteiger partial charge >= 0.3 is 0 Å². The van der Waals surface area contributed by atoms with E-state index < -0.39 is 0 Å². The van der Waals surface area contributed by atoms with Crippen LogP contribution in [0, 0.1) is 5.41 Å². The molecular weight excluding hydrogens is 280 g/mol. The van der Waals surface area contributed by atoms with Crippen LogP contribution in [0.5, 0.6) is 0 Å². The van der Waals surface area contributed by atoms with Gasteiger partial charge in [0, 0.05) is 16.5 Å². The molecule has 0 atom stereocenters. The van der Waals surface area contributed by atoms with Crippen LogP contribution in [0.3, 0.4) is 0 Å². The summed E-state index contributed by atoms with van der Waals surface area (Å²) in [6.45, 7) is 9.86. The van der Waals surface area contributed by atoms with E-state index in [2.05, 4.69) is 0 Å². The van der Waals surface area contributed by atoms with Crippen molar-refractivity contribution in [3.63, 3.8) is 0 Å². The number of rotatable bonds is 4. The van der Waals surface area contributed by atoms with E-state index in [1.807, 2.05) is 20.8 Å². The van der Waals surface area contributed by atoms with Crippen molar-refractivity contribution < 1.29 is 19.2 Å². The standard InChI is InChI=1S/C10H10O2.C8H14O2/c1-7(11)9-4-3-5-10(6-9)8(2)12;1-6(9)5-7(10)8(2,3)4/h3-6H,1-2H3;5H2,1-4H3. The summed E-state index contributed by atoms with van der Waals surface area (Å²) in [5, 5.41) is 0. The zero-order valence-corrected chi connectivity index (χ0v) is 14.1. The molecule has 1 rings (SSSR count). The second kappa shape index (κ2) is 8.37. The second-order valence-corrected chi connectivity index (χ2v) is 6.25. The Morgan fingerprint density at radius 2 is 1.27 bits per heavy atom. The third kappa shape index (κ3) is 7.62. The predicted octanol–water partition coefficient (Wildman–Crippen LogP) is 3.67. The highest BCUT2D eigenvalue weighted by atomic mass is 16.1. The van der Waals surface area contributed by atoms with E-state index in [4.69, 9.17) is 0 Å². The van der Waals surface area contributed by atoms with E-state index in [-0.39, 0.29) is 35.0 Å². The molecule has 0 heterocycles. The number of hydrogen-bond donors (Lipinski definition) is 0. The van der Waals surface area contributed by atoms with Crippen molar-refractivity contribution >= 4 is 23.1 Å². The fraction of sp³-hybridized carbons (Fsp3) is 0.444. The van der Waals surface area contributed by atoms with Crippen LogP contribution in [0.15, 0.2) is 24.3 Å². The Morgan fingerprint density at radius 1 is 0.864 bits per heavy atom. The predicted molar refractivity (Wildman–Crippen MR) is 86.2 cm³/mol. The monoisotopic (exact) mass is 304 g/mol. The zero-order chi connectivity index (χ0) is 17.5. The fourth-order valence-electron chi connectivity index (χ4n) is 1.45. The Morgan fingerprint density at radius 3 is 1.50 bits per heavy atom. The van der Waals surface area contributed by atoms with Gasteiger partial charge in [-0.05, 0) is 26.8 Å². The molecule has 120 valence electrons. The van der Waals surface area contributed by atoms with Crippen molar-refractivity contribution in [3.05, 3.63) is 35.4 Å². The number of benzene rings is 1. The number of Topliss-reactive ketones (excluding diaryl/α,β-unsaturated/α-hetero) is 4. The molecular formula is C18H24O4. The maximum atomic E-state index is 11.1. The molecule has 0 saturated carbocycles. The summed E-state index contributed by atoms with van der Waals surface area (Å²) in [6, 6.07) is 6.74. The van der Waals surface area contributed by atoms with Gasteiger partial charge in [0.1, 0.15) is 11.6 Å². The molecule has 0 saturated heterocycles. The number of carbonyl (C=O) groups is 4. The van der Waals surface area contributed by atoms with Crippen molar-refractivity contribution in [3.8, 4) is 0 Å². The maximum absolute atomic E-state index is 11.1. The van der Waals surface area contributed by atoms with Crippen molar-refractivity contribution in [2.45, 2.75) is 48.0 Å². The summed E-state index contributed by atoms with van der Waals surface area (Å²) in [7, 11) is 0. The average molecular weight is 304 g/mol. The minimum atomic E-state index is -0.369. The van der Waals surface area contributed by atoms with Gasteiger partial charge in [0.2, 0.25) is 0 Å². The average Bonchev–Trinajstić information content (AvgIpc) is 2.37. The van der Waals surface area contributed by atoms with Crippen molar-refractivity contribution in [1.29, 1.82) is 0 Å². The number of carbonyl (C=O) groups excluding carboxylic acids is 4. The molecule has 0 fully saturated rings. The van der Waals surface area contributed by atoms with Crippen molar-refractivity contribution in [2.24, 2.45) is 5.41 Å². The lowest BCUT2D eigenvalue weighted by atomic mass is 9.88. The molecule has 0 amide bonds. The topological polar surface area (TPSA) is 68.3 Å². The molecule has 4 heteroatoms. The molecule has 0 aliphatic heterocycles. The smallest absolute Gasteiger partial charge is 0.159 e. The van der Waals surface area contributed by atoms with E-state index in [1.165, 1.54) is 20.8 Å². The van der Waals surface area contributed by atoms with Crippen LogP contribution < -0.4 is 0 Å². The first-order valence-corrected chi connectivity index (χ1v) is 7.09. The van der Waals surface area contributed by atoms with E-state index >= 15 is 0 Å². The van der Waals surface area contributed by atoms with Crippen LogP contribution in [0.2, 0.25) is 0 Å². The normalized spacial score (nSPS) is 10.3. The molecule has 0 bridgehead atoms. The number of hydrogen-bond acceptors (Lipinski definition) is 4. The molecule has 1 aromatic carbocycles. The minimum Gasteiger partial charge on any atom is -0.300 e. The molecule has 0 aromatic heterocycles. The SMILES string of the molecule is CC(=O)CC(=O)C(C)(C)C.CC(=O)c1cccc(C(C)=O)c1. The summed E-state index contributed by atoms with van der Waals surface area (Å²) >= 11 is 0. The van der Waals surface area contributed by atoms with Crippen LogP contribution in [0.1, 0.15) is 68.7 Å². The van der Waals surface area contributed by atoms with Gasteiger partial charge in [0.25, 0.3) is 0 Å². The molecule has 0 spiro atoms. The summed E-state index contributed by atoms with van der Waals surface area (Å²) in [5.74, 6) is -0.0730. The van der Waals surface area contributed by atoms with Crippen molar-refractivity contribution in [2.75, 3.05) is 0 Å². The third-order valence-corrected chi connectivity index (χ3v) is 2.92. The Kier molecular flexibility index (Phi) is 7.57. The van der Waals surface area contributed by atoms with Gasteiger partial charge in [0.05, 0.1) is 6.42 Å². The van der Waals surface area contributed by atoms with Crippen molar-refractivity contribution in [1.82, 2.24) is 0 Å². The first-order chi connectivity index (χ1) is 9.95. The van der Waals surface area contributed by atoms with Gasteiger partial charge in [0.15, 0.2) is 11.6 Å². The van der Waals surface area contributed by atoms with E-state index in [0.29, 0.717) is 11.1 Å². The number of ketones is 4. The molecule has 4 nitrogen and oxygen atoms in total. The quantitative estimate of drug-likeness (QED) is 0.628. The maximum Gasteiger partial charge on any atom is 0.159 e. The van der Waals surface area contributed by atoms with E-state index in [1.54, 1.807) is 24.3 Å². The summed E-state index contributed by atoms with van der Waals surface area (Å²) in [5.41, 5.74) is 0.802. The summed E-state index contributed by atoms with van der Waals surface area (Å²) in [6.07, 6.45) is 0.0729. The van der Waals surface area contributed by atoms with Crippen LogP contribution in [-0.4, -0.2) is 23.1 Å². The molecule has 1 aromatic rings. The first-order valence-electron chi connectivity index (χ1n) is 7.09. The summed E-state index contributed by atoms with van der Waals surface area (Å²) in [4.78, 5) is 43.4. The van der Waals surface area contributed by atoms with Gasteiger partial charge in [-0.25, -0.2) is 0 Å². The fourth-order valence-corrected chi connectivity index (χ4v) is 1.45. The van der Waals surface area contributed by atoms with Gasteiger partial charge in [-0.1, -0.05) is 39.0 Å².